The number of urea groups is 1. The van der Waals surface area contributed by atoms with Crippen LogP contribution in [0, 0.1) is 6.92 Å². The van der Waals surface area contributed by atoms with E-state index in [9.17, 15) is 9.59 Å². The van der Waals surface area contributed by atoms with Crippen LogP contribution in [0.2, 0.25) is 0 Å². The number of carbonyl (C=O) groups is 2. The summed E-state index contributed by atoms with van der Waals surface area (Å²) in [5.41, 5.74) is 13.0. The van der Waals surface area contributed by atoms with Gasteiger partial charge in [0.2, 0.25) is 5.95 Å². The number of nitrogen functional groups attached to an aromatic ring is 1. The molecule has 4 N–H and O–H groups in total. The second-order valence-electron chi connectivity index (χ2n) is 8.71. The molecule has 2 aromatic carbocycles. The van der Waals surface area contributed by atoms with Crippen molar-refractivity contribution in [1.82, 2.24) is 14.5 Å². The lowest BCUT2D eigenvalue weighted by Gasteiger charge is -2.14. The number of Topliss-reactive ketones (excluding diaryl/α,β-unsaturated/α-hetero) is 1. The second kappa shape index (κ2) is 9.06. The van der Waals surface area contributed by atoms with Crippen LogP contribution in [0.25, 0.3) is 22.5 Å². The molecule has 1 aliphatic carbocycles. The van der Waals surface area contributed by atoms with E-state index < -0.39 is 0 Å². The maximum atomic E-state index is 13.1. The summed E-state index contributed by atoms with van der Waals surface area (Å²) in [6, 6.07) is 16.5. The minimum absolute atomic E-state index is 0.112. The number of amides is 2. The molecular formula is C27H26N6O2. The molecule has 0 radical (unpaired) electrons. The molecule has 0 aliphatic heterocycles. The number of nitrogens with two attached hydrogens (primary N) is 1. The molecule has 2 heterocycles. The summed E-state index contributed by atoms with van der Waals surface area (Å²) >= 11 is 0. The summed E-state index contributed by atoms with van der Waals surface area (Å²) in [4.78, 5) is 34.2. The molecule has 1 aliphatic rings. The van der Waals surface area contributed by atoms with Crippen LogP contribution >= 0.6 is 0 Å². The number of benzene rings is 2. The van der Waals surface area contributed by atoms with Crippen molar-refractivity contribution in [2.45, 2.75) is 26.2 Å². The Morgan fingerprint density at radius 2 is 1.74 bits per heavy atom. The lowest BCUT2D eigenvalue weighted by Crippen LogP contribution is -2.19. The number of ketones is 1. The van der Waals surface area contributed by atoms with Gasteiger partial charge in [-0.2, -0.15) is 0 Å². The molecular weight excluding hydrogens is 440 g/mol. The normalized spacial score (nSPS) is 12.8. The Bertz CT molecular complexity index is 1460. The quantitative estimate of drug-likeness (QED) is 0.382. The highest BCUT2D eigenvalue weighted by Crippen LogP contribution is 2.41. The van der Waals surface area contributed by atoms with E-state index in [-0.39, 0.29) is 17.8 Å². The van der Waals surface area contributed by atoms with Crippen molar-refractivity contribution < 1.29 is 9.59 Å². The van der Waals surface area contributed by atoms with Crippen LogP contribution in [0.4, 0.5) is 22.1 Å². The first-order chi connectivity index (χ1) is 16.9. The highest BCUT2D eigenvalue weighted by atomic mass is 16.2. The Morgan fingerprint density at radius 1 is 1.00 bits per heavy atom. The lowest BCUT2D eigenvalue weighted by molar-refractivity contribution is 0.0972. The average Bonchev–Trinajstić information content (AvgIpc) is 3.13. The molecule has 35 heavy (non-hydrogen) atoms. The highest BCUT2D eigenvalue weighted by Gasteiger charge is 2.30. The van der Waals surface area contributed by atoms with Gasteiger partial charge in [-0.05, 0) is 61.2 Å². The zero-order valence-electron chi connectivity index (χ0n) is 19.6. The number of nitrogens with zero attached hydrogens (tertiary/aromatic N) is 3. The summed E-state index contributed by atoms with van der Waals surface area (Å²) in [6.07, 6.45) is 3.74. The standard InChI is InChI=1S/C27H26N6O2/c1-16-6-3-8-18(14-16)30-27(35)31-19-9-4-7-17(15-19)23-24-21(10-5-11-22(24)34)33(2)25(23)20-12-13-29-26(28)32-20/h3-4,6-9,12-15H,5,10-11H2,1-2H3,(H2,28,29,32)(H2,30,31,35). The number of hydrogen-bond acceptors (Lipinski definition) is 5. The Labute approximate surface area is 203 Å². The molecule has 2 aromatic heterocycles. The monoisotopic (exact) mass is 466 g/mol. The number of nitrogens with one attached hydrogen (secondary N) is 2. The summed E-state index contributed by atoms with van der Waals surface area (Å²) in [7, 11) is 1.95. The van der Waals surface area contributed by atoms with E-state index in [1.807, 2.05) is 67.1 Å². The smallest absolute Gasteiger partial charge is 0.323 e. The molecule has 0 spiro atoms. The first kappa shape index (κ1) is 22.3. The number of hydrogen-bond donors (Lipinski definition) is 3. The number of fused-ring (bicyclic) bond motifs is 1. The molecule has 0 saturated carbocycles. The summed E-state index contributed by atoms with van der Waals surface area (Å²) < 4.78 is 2.04. The van der Waals surface area contributed by atoms with Crippen LogP contribution in [0.1, 0.15) is 34.5 Å². The zero-order chi connectivity index (χ0) is 24.5. The van der Waals surface area contributed by atoms with Gasteiger partial charge in [0.05, 0.1) is 11.4 Å². The Kier molecular flexibility index (Phi) is 5.78. The van der Waals surface area contributed by atoms with Crippen molar-refractivity contribution in [2.24, 2.45) is 7.05 Å². The second-order valence-corrected chi connectivity index (χ2v) is 8.71. The van der Waals surface area contributed by atoms with Crippen LogP contribution in [0.15, 0.2) is 60.8 Å². The fourth-order valence-electron chi connectivity index (χ4n) is 4.72. The van der Waals surface area contributed by atoms with E-state index in [0.717, 1.165) is 40.9 Å². The molecule has 8 heteroatoms. The van der Waals surface area contributed by atoms with Crippen LogP contribution in [0.3, 0.4) is 0 Å². The average molecular weight is 467 g/mol. The van der Waals surface area contributed by atoms with Gasteiger partial charge in [-0.15, -0.1) is 0 Å². The summed E-state index contributed by atoms with van der Waals surface area (Å²) in [5, 5.41) is 5.75. The van der Waals surface area contributed by atoms with Crippen LogP contribution < -0.4 is 16.4 Å². The molecule has 0 fully saturated rings. The summed E-state index contributed by atoms with van der Waals surface area (Å²) in [5.74, 6) is 0.280. The third kappa shape index (κ3) is 4.38. The van der Waals surface area contributed by atoms with Crippen molar-refractivity contribution in [3.63, 3.8) is 0 Å². The molecule has 5 rings (SSSR count). The number of aryl methyl sites for hydroxylation is 1. The minimum atomic E-state index is -0.345. The Morgan fingerprint density at radius 3 is 2.49 bits per heavy atom. The van der Waals surface area contributed by atoms with E-state index >= 15 is 0 Å². The molecule has 176 valence electrons. The van der Waals surface area contributed by atoms with Crippen molar-refractivity contribution in [2.75, 3.05) is 16.4 Å². The molecule has 0 bridgehead atoms. The number of carbonyl (C=O) groups excluding carboxylic acids is 2. The largest absolute Gasteiger partial charge is 0.368 e. The maximum absolute atomic E-state index is 13.1. The first-order valence-electron chi connectivity index (χ1n) is 11.5. The SMILES string of the molecule is Cc1cccc(NC(=O)Nc2cccc(-c3c4c(n(C)c3-c3ccnc(N)n3)CCCC4=O)c2)c1. The van der Waals surface area contributed by atoms with E-state index in [4.69, 9.17) is 5.73 Å². The van der Waals surface area contributed by atoms with Gasteiger partial charge in [0.25, 0.3) is 0 Å². The lowest BCUT2D eigenvalue weighted by atomic mass is 9.89. The molecule has 4 aromatic rings. The van der Waals surface area contributed by atoms with E-state index in [1.165, 1.54) is 0 Å². The maximum Gasteiger partial charge on any atom is 0.323 e. The van der Waals surface area contributed by atoms with E-state index in [1.54, 1.807) is 12.3 Å². The van der Waals surface area contributed by atoms with Crippen molar-refractivity contribution in [3.8, 4) is 22.5 Å². The highest BCUT2D eigenvalue weighted by molar-refractivity contribution is 6.08. The predicted molar refractivity (Wildman–Crippen MR) is 137 cm³/mol. The Balaban J connectivity index is 1.55. The number of aromatic nitrogens is 3. The van der Waals surface area contributed by atoms with Crippen molar-refractivity contribution in [1.29, 1.82) is 0 Å². The predicted octanol–water partition coefficient (Wildman–Crippen LogP) is 5.20. The molecule has 0 unspecified atom stereocenters. The van der Waals surface area contributed by atoms with Gasteiger partial charge in [0, 0.05) is 47.9 Å². The van der Waals surface area contributed by atoms with Gasteiger partial charge >= 0.3 is 6.03 Å². The van der Waals surface area contributed by atoms with E-state index in [0.29, 0.717) is 29.1 Å². The molecule has 0 atom stereocenters. The first-order valence-corrected chi connectivity index (χ1v) is 11.5. The van der Waals surface area contributed by atoms with Crippen molar-refractivity contribution >= 4 is 29.1 Å². The van der Waals surface area contributed by atoms with Gasteiger partial charge in [0.15, 0.2) is 5.78 Å². The molecule has 8 nitrogen and oxygen atoms in total. The minimum Gasteiger partial charge on any atom is -0.368 e. The third-order valence-electron chi connectivity index (χ3n) is 6.21. The fourth-order valence-corrected chi connectivity index (χ4v) is 4.72. The zero-order valence-corrected chi connectivity index (χ0v) is 19.6. The van der Waals surface area contributed by atoms with E-state index in [2.05, 4.69) is 20.6 Å². The van der Waals surface area contributed by atoms with Gasteiger partial charge < -0.3 is 20.9 Å². The summed E-state index contributed by atoms with van der Waals surface area (Å²) in [6.45, 7) is 1.97. The van der Waals surface area contributed by atoms with Gasteiger partial charge in [-0.25, -0.2) is 14.8 Å². The van der Waals surface area contributed by atoms with Crippen LogP contribution in [-0.2, 0) is 13.5 Å². The van der Waals surface area contributed by atoms with Gasteiger partial charge in [-0.1, -0.05) is 24.3 Å². The fraction of sp³-hybridized carbons (Fsp3) is 0.185. The third-order valence-corrected chi connectivity index (χ3v) is 6.21. The molecule has 0 saturated heterocycles. The van der Waals surface area contributed by atoms with Crippen LogP contribution in [0.5, 0.6) is 0 Å². The Hall–Kier alpha value is -4.46. The number of rotatable bonds is 4. The number of anilines is 3. The van der Waals surface area contributed by atoms with Gasteiger partial charge in [0.1, 0.15) is 0 Å². The molecule has 2 amide bonds. The van der Waals surface area contributed by atoms with Gasteiger partial charge in [-0.3, -0.25) is 4.79 Å². The van der Waals surface area contributed by atoms with Crippen LogP contribution in [-0.4, -0.2) is 26.3 Å². The topological polar surface area (TPSA) is 115 Å². The van der Waals surface area contributed by atoms with Crippen molar-refractivity contribution in [3.05, 3.63) is 77.6 Å².